The number of benzene rings is 1. The van der Waals surface area contributed by atoms with Crippen molar-refractivity contribution in [2.75, 3.05) is 6.54 Å². The normalized spacial score (nSPS) is 12.8. The maximum absolute atomic E-state index is 6.36. The number of nitrogens with one attached hydrogen (secondary N) is 1. The lowest BCUT2D eigenvalue weighted by Crippen LogP contribution is -2.22. The molecule has 3 heteroatoms. The van der Waals surface area contributed by atoms with Crippen LogP contribution in [0.5, 0.6) is 0 Å². The van der Waals surface area contributed by atoms with Gasteiger partial charge in [-0.25, -0.2) is 0 Å². The summed E-state index contributed by atoms with van der Waals surface area (Å²) in [6.45, 7) is 7.70. The fourth-order valence-corrected chi connectivity index (χ4v) is 3.80. The topological polar surface area (TPSA) is 12.0 Å². The monoisotopic (exact) mass is 321 g/mol. The molecule has 0 aliphatic heterocycles. The van der Waals surface area contributed by atoms with Gasteiger partial charge in [-0.15, -0.1) is 11.3 Å². The standard InChI is InChI=1S/C18H24ClNS/c1-4-9-20-17(18-16(19)8-10-21-18)15-7-5-6-14(12-15)11-13(2)3/h5-8,10,12-13,17,20H,4,9,11H2,1-3H3. The van der Waals surface area contributed by atoms with Gasteiger partial charge in [0, 0.05) is 4.88 Å². The van der Waals surface area contributed by atoms with E-state index < -0.39 is 0 Å². The Morgan fingerprint density at radius 3 is 2.67 bits per heavy atom. The fourth-order valence-electron chi connectivity index (χ4n) is 2.53. The zero-order valence-electron chi connectivity index (χ0n) is 13.0. The van der Waals surface area contributed by atoms with Crippen molar-refractivity contribution in [1.29, 1.82) is 0 Å². The highest BCUT2D eigenvalue weighted by molar-refractivity contribution is 7.10. The summed E-state index contributed by atoms with van der Waals surface area (Å²) in [6, 6.07) is 11.1. The fraction of sp³-hybridized carbons (Fsp3) is 0.444. The molecule has 0 spiro atoms. The highest BCUT2D eigenvalue weighted by atomic mass is 35.5. The molecule has 1 heterocycles. The average Bonchev–Trinajstić information content (AvgIpc) is 2.85. The van der Waals surface area contributed by atoms with Gasteiger partial charge < -0.3 is 5.32 Å². The van der Waals surface area contributed by atoms with Gasteiger partial charge in [-0.1, -0.05) is 56.6 Å². The van der Waals surface area contributed by atoms with Crippen molar-refractivity contribution in [3.05, 3.63) is 56.7 Å². The first-order valence-corrected chi connectivity index (χ1v) is 8.92. The van der Waals surface area contributed by atoms with Crippen LogP contribution in [-0.2, 0) is 6.42 Å². The molecule has 1 nitrogen and oxygen atoms in total. The minimum absolute atomic E-state index is 0.199. The van der Waals surface area contributed by atoms with E-state index >= 15 is 0 Å². The Morgan fingerprint density at radius 2 is 2.05 bits per heavy atom. The molecular formula is C18H24ClNS. The lowest BCUT2D eigenvalue weighted by atomic mass is 9.97. The number of hydrogen-bond acceptors (Lipinski definition) is 2. The van der Waals surface area contributed by atoms with Crippen LogP contribution in [0.2, 0.25) is 5.02 Å². The van der Waals surface area contributed by atoms with Crippen LogP contribution in [0.25, 0.3) is 0 Å². The summed E-state index contributed by atoms with van der Waals surface area (Å²) in [4.78, 5) is 1.21. The molecular weight excluding hydrogens is 298 g/mol. The molecule has 0 amide bonds. The lowest BCUT2D eigenvalue weighted by Gasteiger charge is -2.19. The van der Waals surface area contributed by atoms with Gasteiger partial charge in [0.1, 0.15) is 0 Å². The molecule has 1 aromatic carbocycles. The second kappa shape index (κ2) is 7.98. The Hall–Kier alpha value is -0.830. The molecule has 0 radical (unpaired) electrons. The van der Waals surface area contributed by atoms with Crippen LogP contribution in [0.3, 0.4) is 0 Å². The second-order valence-electron chi connectivity index (χ2n) is 5.86. The molecule has 0 bridgehead atoms. The molecule has 1 unspecified atom stereocenters. The molecule has 2 rings (SSSR count). The van der Waals surface area contributed by atoms with Crippen LogP contribution < -0.4 is 5.32 Å². The molecule has 0 aliphatic carbocycles. The number of halogens is 1. The zero-order chi connectivity index (χ0) is 15.2. The molecule has 1 N–H and O–H groups in total. The van der Waals surface area contributed by atoms with Gasteiger partial charge in [-0.05, 0) is 47.9 Å². The van der Waals surface area contributed by atoms with Crippen LogP contribution >= 0.6 is 22.9 Å². The first kappa shape index (κ1) is 16.5. The van der Waals surface area contributed by atoms with Crippen LogP contribution in [0.4, 0.5) is 0 Å². The Morgan fingerprint density at radius 1 is 1.24 bits per heavy atom. The van der Waals surface area contributed by atoms with E-state index in [-0.39, 0.29) is 6.04 Å². The first-order chi connectivity index (χ1) is 10.1. The number of thiophene rings is 1. The highest BCUT2D eigenvalue weighted by Crippen LogP contribution is 2.33. The predicted molar refractivity (Wildman–Crippen MR) is 94.4 cm³/mol. The summed E-state index contributed by atoms with van der Waals surface area (Å²) >= 11 is 8.09. The van der Waals surface area contributed by atoms with Crippen molar-refractivity contribution in [2.45, 2.75) is 39.7 Å². The molecule has 0 saturated heterocycles. The quantitative estimate of drug-likeness (QED) is 0.690. The molecule has 0 saturated carbocycles. The van der Waals surface area contributed by atoms with Crippen molar-refractivity contribution >= 4 is 22.9 Å². The van der Waals surface area contributed by atoms with Gasteiger partial charge in [0.05, 0.1) is 11.1 Å². The van der Waals surface area contributed by atoms with E-state index in [4.69, 9.17) is 11.6 Å². The molecule has 2 aromatic rings. The molecule has 0 fully saturated rings. The zero-order valence-corrected chi connectivity index (χ0v) is 14.6. The van der Waals surface area contributed by atoms with Crippen LogP contribution in [0, 0.1) is 5.92 Å². The Balaban J connectivity index is 2.30. The van der Waals surface area contributed by atoms with Gasteiger partial charge in [0.2, 0.25) is 0 Å². The maximum Gasteiger partial charge on any atom is 0.0686 e. The SMILES string of the molecule is CCCNC(c1cccc(CC(C)C)c1)c1sccc1Cl. The van der Waals surface area contributed by atoms with Gasteiger partial charge in [-0.2, -0.15) is 0 Å². The number of hydrogen-bond donors (Lipinski definition) is 1. The molecule has 1 atom stereocenters. The second-order valence-corrected chi connectivity index (χ2v) is 7.22. The lowest BCUT2D eigenvalue weighted by molar-refractivity contribution is 0.603. The summed E-state index contributed by atoms with van der Waals surface area (Å²) in [6.07, 6.45) is 2.23. The van der Waals surface area contributed by atoms with E-state index in [0.29, 0.717) is 5.92 Å². The third kappa shape index (κ3) is 4.57. The Bertz CT molecular complexity index is 562. The van der Waals surface area contributed by atoms with Gasteiger partial charge >= 0.3 is 0 Å². The van der Waals surface area contributed by atoms with Gasteiger partial charge in [0.15, 0.2) is 0 Å². The summed E-state index contributed by atoms with van der Waals surface area (Å²) in [7, 11) is 0. The van der Waals surface area contributed by atoms with Crippen molar-refractivity contribution in [2.24, 2.45) is 5.92 Å². The van der Waals surface area contributed by atoms with Crippen LogP contribution in [-0.4, -0.2) is 6.54 Å². The Labute approximate surface area is 137 Å². The summed E-state index contributed by atoms with van der Waals surface area (Å²) in [5.74, 6) is 0.674. The average molecular weight is 322 g/mol. The largest absolute Gasteiger partial charge is 0.306 e. The van der Waals surface area contributed by atoms with Crippen molar-refractivity contribution in [1.82, 2.24) is 5.32 Å². The van der Waals surface area contributed by atoms with E-state index in [1.54, 1.807) is 11.3 Å². The minimum atomic E-state index is 0.199. The highest BCUT2D eigenvalue weighted by Gasteiger charge is 2.18. The Kier molecular flexibility index (Phi) is 6.28. The molecule has 114 valence electrons. The molecule has 1 aromatic heterocycles. The molecule has 0 aliphatic rings. The predicted octanol–water partition coefficient (Wildman–Crippen LogP) is 5.69. The van der Waals surface area contributed by atoms with Crippen molar-refractivity contribution in [3.63, 3.8) is 0 Å². The van der Waals surface area contributed by atoms with Gasteiger partial charge in [-0.3, -0.25) is 0 Å². The summed E-state index contributed by atoms with van der Waals surface area (Å²) in [5.41, 5.74) is 2.71. The van der Waals surface area contributed by atoms with E-state index in [1.807, 2.05) is 6.07 Å². The van der Waals surface area contributed by atoms with Crippen molar-refractivity contribution in [3.8, 4) is 0 Å². The first-order valence-electron chi connectivity index (χ1n) is 7.67. The third-order valence-corrected chi connectivity index (χ3v) is 4.86. The molecule has 21 heavy (non-hydrogen) atoms. The minimum Gasteiger partial charge on any atom is -0.306 e. The van der Waals surface area contributed by atoms with Crippen LogP contribution in [0.15, 0.2) is 35.7 Å². The maximum atomic E-state index is 6.36. The van der Waals surface area contributed by atoms with Gasteiger partial charge in [0.25, 0.3) is 0 Å². The summed E-state index contributed by atoms with van der Waals surface area (Å²) in [5, 5.41) is 6.56. The van der Waals surface area contributed by atoms with Crippen molar-refractivity contribution < 1.29 is 0 Å². The smallest absolute Gasteiger partial charge is 0.0686 e. The van der Waals surface area contributed by atoms with E-state index in [9.17, 15) is 0 Å². The number of rotatable bonds is 7. The third-order valence-electron chi connectivity index (χ3n) is 3.43. The van der Waals surface area contributed by atoms with Crippen LogP contribution in [0.1, 0.15) is 49.2 Å². The summed E-state index contributed by atoms with van der Waals surface area (Å²) < 4.78 is 0. The van der Waals surface area contributed by atoms with E-state index in [1.165, 1.54) is 16.0 Å². The van der Waals surface area contributed by atoms with E-state index in [0.717, 1.165) is 24.4 Å². The van der Waals surface area contributed by atoms with E-state index in [2.05, 4.69) is 55.7 Å².